The Labute approximate surface area is 141 Å². The summed E-state index contributed by atoms with van der Waals surface area (Å²) in [4.78, 5) is 16.2. The van der Waals surface area contributed by atoms with Crippen molar-refractivity contribution in [1.29, 1.82) is 0 Å². The van der Waals surface area contributed by atoms with Gasteiger partial charge in [-0.25, -0.2) is 0 Å². The van der Waals surface area contributed by atoms with Crippen LogP contribution in [0.4, 0.5) is 0 Å². The molecule has 1 aliphatic rings. The molecule has 3 heteroatoms. The molecule has 0 aromatic carbocycles. The summed E-state index contributed by atoms with van der Waals surface area (Å²) in [5, 5.41) is 3.24. The first-order valence-corrected chi connectivity index (χ1v) is 8.93. The highest BCUT2D eigenvalue weighted by Crippen LogP contribution is 2.54. The summed E-state index contributed by atoms with van der Waals surface area (Å²) < 4.78 is 0. The second-order valence-corrected chi connectivity index (χ2v) is 8.43. The van der Waals surface area contributed by atoms with E-state index in [1.807, 2.05) is 12.1 Å². The average Bonchev–Trinajstić information content (AvgIpc) is 2.47. The van der Waals surface area contributed by atoms with Crippen molar-refractivity contribution in [1.82, 2.24) is 10.3 Å². The molecule has 0 radical (unpaired) electrons. The average molecular weight is 316 g/mol. The topological polar surface area (TPSA) is 42.0 Å². The fourth-order valence-electron chi connectivity index (χ4n) is 4.44. The maximum Gasteiger partial charge on any atom is 0.224 e. The van der Waals surface area contributed by atoms with Crippen LogP contribution in [0, 0.1) is 16.7 Å². The minimum absolute atomic E-state index is 0.133. The van der Waals surface area contributed by atoms with Gasteiger partial charge in [0, 0.05) is 18.4 Å². The van der Waals surface area contributed by atoms with Crippen LogP contribution in [-0.2, 0) is 11.2 Å². The van der Waals surface area contributed by atoms with Crippen molar-refractivity contribution in [2.75, 3.05) is 0 Å². The van der Waals surface area contributed by atoms with E-state index in [1.165, 1.54) is 12.8 Å². The molecule has 128 valence electrons. The predicted octanol–water partition coefficient (Wildman–Crippen LogP) is 4.37. The lowest BCUT2D eigenvalue weighted by Crippen LogP contribution is -2.48. The minimum Gasteiger partial charge on any atom is -0.353 e. The molecule has 1 aromatic heterocycles. The van der Waals surface area contributed by atoms with Crippen molar-refractivity contribution in [3.8, 4) is 0 Å². The molecule has 0 spiro atoms. The zero-order valence-electron chi connectivity index (χ0n) is 15.4. The van der Waals surface area contributed by atoms with E-state index in [-0.39, 0.29) is 5.91 Å². The SMILES string of the molecule is CC(C)C1(C(C)(C)C)CCC(NC(=O)Cc2ccncc2)CC1. The summed E-state index contributed by atoms with van der Waals surface area (Å²) in [6, 6.07) is 4.15. The molecule has 0 aliphatic heterocycles. The normalized spacial score (nSPS) is 25.4. The zero-order valence-corrected chi connectivity index (χ0v) is 15.4. The molecule has 1 aliphatic carbocycles. The van der Waals surface area contributed by atoms with Crippen molar-refractivity contribution in [3.63, 3.8) is 0 Å². The van der Waals surface area contributed by atoms with Crippen LogP contribution in [0.15, 0.2) is 24.5 Å². The van der Waals surface area contributed by atoms with E-state index in [0.29, 0.717) is 29.2 Å². The van der Waals surface area contributed by atoms with E-state index >= 15 is 0 Å². The third-order valence-electron chi connectivity index (χ3n) is 5.96. The van der Waals surface area contributed by atoms with E-state index in [9.17, 15) is 4.79 Å². The number of hydrogen-bond acceptors (Lipinski definition) is 2. The van der Waals surface area contributed by atoms with Gasteiger partial charge in [0.2, 0.25) is 5.91 Å². The first-order chi connectivity index (χ1) is 10.7. The van der Waals surface area contributed by atoms with E-state index < -0.39 is 0 Å². The van der Waals surface area contributed by atoms with Gasteiger partial charge >= 0.3 is 0 Å². The van der Waals surface area contributed by atoms with Gasteiger partial charge in [0.15, 0.2) is 0 Å². The number of carbonyl (C=O) groups excluding carboxylic acids is 1. The highest BCUT2D eigenvalue weighted by atomic mass is 16.1. The van der Waals surface area contributed by atoms with E-state index in [1.54, 1.807) is 12.4 Å². The fourth-order valence-corrected chi connectivity index (χ4v) is 4.44. The number of pyridine rings is 1. The van der Waals surface area contributed by atoms with Crippen LogP contribution in [0.1, 0.15) is 65.9 Å². The molecule has 1 fully saturated rings. The summed E-state index contributed by atoms with van der Waals surface area (Å²) >= 11 is 0. The number of nitrogens with zero attached hydrogens (tertiary/aromatic N) is 1. The summed E-state index contributed by atoms with van der Waals surface area (Å²) in [5.74, 6) is 0.810. The Morgan fingerprint density at radius 1 is 1.26 bits per heavy atom. The number of hydrogen-bond donors (Lipinski definition) is 1. The quantitative estimate of drug-likeness (QED) is 0.896. The lowest BCUT2D eigenvalue weighted by atomic mass is 9.54. The third-order valence-corrected chi connectivity index (χ3v) is 5.96. The molecule has 0 saturated heterocycles. The number of aromatic nitrogens is 1. The Morgan fingerprint density at radius 2 is 1.83 bits per heavy atom. The summed E-state index contributed by atoms with van der Waals surface area (Å²) in [6.07, 6.45) is 8.53. The first kappa shape index (κ1) is 18.0. The van der Waals surface area contributed by atoms with Crippen molar-refractivity contribution in [2.45, 2.75) is 72.8 Å². The monoisotopic (exact) mass is 316 g/mol. The predicted molar refractivity (Wildman–Crippen MR) is 95.1 cm³/mol. The van der Waals surface area contributed by atoms with Crippen LogP contribution in [-0.4, -0.2) is 16.9 Å². The number of rotatable bonds is 4. The molecule has 0 unspecified atom stereocenters. The van der Waals surface area contributed by atoms with Gasteiger partial charge in [-0.3, -0.25) is 9.78 Å². The van der Waals surface area contributed by atoms with E-state index in [0.717, 1.165) is 18.4 Å². The number of nitrogens with one attached hydrogen (secondary N) is 1. The molecule has 2 rings (SSSR count). The van der Waals surface area contributed by atoms with Crippen LogP contribution < -0.4 is 5.32 Å². The van der Waals surface area contributed by atoms with Crippen molar-refractivity contribution >= 4 is 5.91 Å². The smallest absolute Gasteiger partial charge is 0.224 e. The molecule has 1 aromatic rings. The van der Waals surface area contributed by atoms with Gasteiger partial charge in [-0.05, 0) is 60.1 Å². The van der Waals surface area contributed by atoms with Gasteiger partial charge in [-0.1, -0.05) is 34.6 Å². The molecule has 0 atom stereocenters. The lowest BCUT2D eigenvalue weighted by molar-refractivity contribution is -0.121. The number of carbonyl (C=O) groups is 1. The molecular weight excluding hydrogens is 284 g/mol. The largest absolute Gasteiger partial charge is 0.353 e. The molecule has 1 N–H and O–H groups in total. The molecule has 3 nitrogen and oxygen atoms in total. The van der Waals surface area contributed by atoms with E-state index in [2.05, 4.69) is 44.9 Å². The standard InChI is InChI=1S/C20H32N2O/c1-15(2)20(19(3,4)5)10-6-17(7-11-20)22-18(23)14-16-8-12-21-13-9-16/h8-9,12-13,15,17H,6-7,10-11,14H2,1-5H3,(H,22,23). The Hall–Kier alpha value is -1.38. The van der Waals surface area contributed by atoms with Crippen LogP contribution in [0.25, 0.3) is 0 Å². The van der Waals surface area contributed by atoms with Gasteiger partial charge in [0.25, 0.3) is 0 Å². The van der Waals surface area contributed by atoms with Crippen molar-refractivity contribution in [3.05, 3.63) is 30.1 Å². The van der Waals surface area contributed by atoms with E-state index in [4.69, 9.17) is 0 Å². The Balaban J connectivity index is 1.90. The second-order valence-electron chi connectivity index (χ2n) is 8.43. The molecular formula is C20H32N2O. The zero-order chi connectivity index (χ0) is 17.1. The van der Waals surface area contributed by atoms with Gasteiger partial charge in [0.1, 0.15) is 0 Å². The summed E-state index contributed by atoms with van der Waals surface area (Å²) in [5.41, 5.74) is 1.73. The van der Waals surface area contributed by atoms with Crippen molar-refractivity contribution in [2.24, 2.45) is 16.7 Å². The molecule has 0 bridgehead atoms. The molecule has 23 heavy (non-hydrogen) atoms. The van der Waals surface area contributed by atoms with Gasteiger partial charge in [-0.15, -0.1) is 0 Å². The Kier molecular flexibility index (Phi) is 5.49. The van der Waals surface area contributed by atoms with Crippen LogP contribution in [0.5, 0.6) is 0 Å². The summed E-state index contributed by atoms with van der Waals surface area (Å²) in [6.45, 7) is 11.8. The summed E-state index contributed by atoms with van der Waals surface area (Å²) in [7, 11) is 0. The molecule has 1 heterocycles. The van der Waals surface area contributed by atoms with Crippen LogP contribution >= 0.6 is 0 Å². The van der Waals surface area contributed by atoms with Gasteiger partial charge in [0.05, 0.1) is 6.42 Å². The fraction of sp³-hybridized carbons (Fsp3) is 0.700. The van der Waals surface area contributed by atoms with Gasteiger partial charge in [-0.2, -0.15) is 0 Å². The molecule has 1 saturated carbocycles. The van der Waals surface area contributed by atoms with Crippen LogP contribution in [0.3, 0.4) is 0 Å². The highest BCUT2D eigenvalue weighted by Gasteiger charge is 2.46. The number of amides is 1. The maximum absolute atomic E-state index is 12.2. The first-order valence-electron chi connectivity index (χ1n) is 8.93. The maximum atomic E-state index is 12.2. The second kappa shape index (κ2) is 7.02. The van der Waals surface area contributed by atoms with Crippen molar-refractivity contribution < 1.29 is 4.79 Å². The minimum atomic E-state index is 0.133. The van der Waals surface area contributed by atoms with Gasteiger partial charge < -0.3 is 5.32 Å². The highest BCUT2D eigenvalue weighted by molar-refractivity contribution is 5.78. The molecule has 1 amide bonds. The van der Waals surface area contributed by atoms with Crippen LogP contribution in [0.2, 0.25) is 0 Å². The Morgan fingerprint density at radius 3 is 2.30 bits per heavy atom. The third kappa shape index (κ3) is 4.13. The Bertz CT molecular complexity index is 508. The lowest BCUT2D eigenvalue weighted by Gasteiger charge is -2.52.